The van der Waals surface area contributed by atoms with E-state index in [0.717, 1.165) is 25.2 Å². The summed E-state index contributed by atoms with van der Waals surface area (Å²) >= 11 is 0. The van der Waals surface area contributed by atoms with Gasteiger partial charge in [-0.2, -0.15) is 5.10 Å². The van der Waals surface area contributed by atoms with Crippen molar-refractivity contribution in [1.82, 2.24) is 19.6 Å². The number of amides is 1. The van der Waals surface area contributed by atoms with Gasteiger partial charge >= 0.3 is 0 Å². The second-order valence-electron chi connectivity index (χ2n) is 9.02. The summed E-state index contributed by atoms with van der Waals surface area (Å²) in [5.74, 6) is 0.0929. The lowest BCUT2D eigenvalue weighted by Gasteiger charge is -2.41. The molecule has 1 aromatic heterocycles. The zero-order chi connectivity index (χ0) is 18.4. The van der Waals surface area contributed by atoms with Crippen molar-refractivity contribution < 1.29 is 4.79 Å². The molecular weight excluding hydrogens is 312 g/mol. The molecule has 1 aromatic rings. The summed E-state index contributed by atoms with van der Waals surface area (Å²) in [6.07, 6.45) is 4.85. The van der Waals surface area contributed by atoms with Crippen molar-refractivity contribution in [2.24, 2.45) is 0 Å². The highest BCUT2D eigenvalue weighted by molar-refractivity contribution is 5.92. The largest absolute Gasteiger partial charge is 0.336 e. The zero-order valence-electron chi connectivity index (χ0n) is 16.7. The van der Waals surface area contributed by atoms with Gasteiger partial charge in [-0.1, -0.05) is 0 Å². The molecule has 0 aromatic carbocycles. The Balaban J connectivity index is 1.74. The monoisotopic (exact) mass is 346 g/mol. The molecule has 0 saturated carbocycles. The van der Waals surface area contributed by atoms with Gasteiger partial charge in [-0.25, -0.2) is 0 Å². The smallest absolute Gasteiger partial charge is 0.274 e. The van der Waals surface area contributed by atoms with E-state index in [1.165, 1.54) is 19.3 Å². The fourth-order valence-corrected chi connectivity index (χ4v) is 4.74. The lowest BCUT2D eigenvalue weighted by molar-refractivity contribution is 0.0481. The van der Waals surface area contributed by atoms with Gasteiger partial charge in [-0.3, -0.25) is 14.4 Å². The maximum absolute atomic E-state index is 13.0. The van der Waals surface area contributed by atoms with E-state index in [0.29, 0.717) is 23.8 Å². The molecular formula is C20H34N4O. The van der Waals surface area contributed by atoms with E-state index in [9.17, 15) is 4.79 Å². The van der Waals surface area contributed by atoms with Crippen LogP contribution in [0.3, 0.4) is 0 Å². The van der Waals surface area contributed by atoms with Gasteiger partial charge in [0.05, 0.1) is 5.54 Å². The quantitative estimate of drug-likeness (QED) is 0.824. The van der Waals surface area contributed by atoms with Crippen LogP contribution in [-0.2, 0) is 5.54 Å². The van der Waals surface area contributed by atoms with Crippen LogP contribution in [-0.4, -0.2) is 56.7 Å². The molecule has 0 bridgehead atoms. The van der Waals surface area contributed by atoms with Crippen LogP contribution in [0.15, 0.2) is 6.07 Å². The van der Waals surface area contributed by atoms with Crippen molar-refractivity contribution in [3.63, 3.8) is 0 Å². The first kappa shape index (κ1) is 18.4. The van der Waals surface area contributed by atoms with Crippen molar-refractivity contribution in [3.8, 4) is 0 Å². The molecule has 2 aliphatic rings. The van der Waals surface area contributed by atoms with Gasteiger partial charge in [0.25, 0.3) is 5.91 Å². The molecule has 2 fully saturated rings. The Labute approximate surface area is 152 Å². The molecule has 1 amide bonds. The first-order valence-corrected chi connectivity index (χ1v) is 9.82. The average molecular weight is 347 g/mol. The highest BCUT2D eigenvalue weighted by Gasteiger charge is 2.37. The molecule has 25 heavy (non-hydrogen) atoms. The van der Waals surface area contributed by atoms with Crippen LogP contribution in [0.25, 0.3) is 0 Å². The van der Waals surface area contributed by atoms with Crippen molar-refractivity contribution in [1.29, 1.82) is 0 Å². The second kappa shape index (κ2) is 6.75. The second-order valence-corrected chi connectivity index (χ2v) is 9.02. The van der Waals surface area contributed by atoms with Crippen LogP contribution in [0.4, 0.5) is 0 Å². The molecule has 0 radical (unpaired) electrons. The molecule has 3 rings (SSSR count). The van der Waals surface area contributed by atoms with Crippen LogP contribution in [0, 0.1) is 6.92 Å². The Morgan fingerprint density at radius 1 is 1.16 bits per heavy atom. The fourth-order valence-electron chi connectivity index (χ4n) is 4.74. The Hall–Kier alpha value is -1.36. The normalized spacial score (nSPS) is 28.6. The van der Waals surface area contributed by atoms with Gasteiger partial charge in [0.2, 0.25) is 0 Å². The van der Waals surface area contributed by atoms with Crippen LogP contribution < -0.4 is 0 Å². The Kier molecular flexibility index (Phi) is 4.97. The number of carbonyl (C=O) groups is 1. The van der Waals surface area contributed by atoms with Gasteiger partial charge in [0, 0.05) is 36.9 Å². The molecule has 5 nitrogen and oxygen atoms in total. The molecule has 0 aliphatic carbocycles. The van der Waals surface area contributed by atoms with Crippen LogP contribution in [0.1, 0.15) is 76.5 Å². The molecule has 3 heterocycles. The zero-order valence-corrected chi connectivity index (χ0v) is 16.7. The molecule has 0 spiro atoms. The van der Waals surface area contributed by atoms with Crippen molar-refractivity contribution >= 4 is 5.91 Å². The summed E-state index contributed by atoms with van der Waals surface area (Å²) in [6.45, 7) is 14.7. The minimum absolute atomic E-state index is 0.0929. The van der Waals surface area contributed by atoms with Gasteiger partial charge in [-0.05, 0) is 73.3 Å². The topological polar surface area (TPSA) is 41.4 Å². The number of rotatable bonds is 2. The molecule has 0 unspecified atom stereocenters. The van der Waals surface area contributed by atoms with Crippen molar-refractivity contribution in [3.05, 3.63) is 17.5 Å². The highest BCUT2D eigenvalue weighted by atomic mass is 16.2. The number of aromatic nitrogens is 2. The van der Waals surface area contributed by atoms with E-state index in [2.05, 4.69) is 44.6 Å². The van der Waals surface area contributed by atoms with Gasteiger partial charge in [-0.15, -0.1) is 0 Å². The summed E-state index contributed by atoms with van der Waals surface area (Å²) < 4.78 is 1.96. The van der Waals surface area contributed by atoms with E-state index in [4.69, 9.17) is 0 Å². The maximum Gasteiger partial charge on any atom is 0.274 e. The third-order valence-corrected chi connectivity index (χ3v) is 5.87. The van der Waals surface area contributed by atoms with Gasteiger partial charge in [0.1, 0.15) is 0 Å². The standard InChI is InChI=1S/C20H34N4O/c1-14-9-10-15(2)23(14)17-8-7-11-22(13-17)19(25)18-12-16(3)24(21-18)20(4,5)6/h12,14-15,17H,7-11,13H2,1-6H3/t14-,15-,17+/m1/s1. The minimum Gasteiger partial charge on any atom is -0.336 e. The van der Waals surface area contributed by atoms with Crippen LogP contribution in [0.2, 0.25) is 0 Å². The summed E-state index contributed by atoms with van der Waals surface area (Å²) in [5.41, 5.74) is 1.54. The SMILES string of the molecule is Cc1cc(C(=O)N2CCC[C@H](N3[C@H](C)CC[C@H]3C)C2)nn1C(C)(C)C. The van der Waals surface area contributed by atoms with E-state index in [1.807, 2.05) is 22.6 Å². The molecule has 140 valence electrons. The Morgan fingerprint density at radius 2 is 1.80 bits per heavy atom. The minimum atomic E-state index is -0.104. The summed E-state index contributed by atoms with van der Waals surface area (Å²) in [4.78, 5) is 17.7. The Bertz CT molecular complexity index is 620. The van der Waals surface area contributed by atoms with Crippen molar-refractivity contribution in [2.75, 3.05) is 13.1 Å². The molecule has 2 aliphatic heterocycles. The predicted molar refractivity (Wildman–Crippen MR) is 101 cm³/mol. The number of hydrogen-bond acceptors (Lipinski definition) is 3. The molecule has 2 saturated heterocycles. The summed E-state index contributed by atoms with van der Waals surface area (Å²) in [6, 6.07) is 3.71. The fraction of sp³-hybridized carbons (Fsp3) is 0.800. The number of carbonyl (C=O) groups excluding carboxylic acids is 1. The van der Waals surface area contributed by atoms with E-state index >= 15 is 0 Å². The van der Waals surface area contributed by atoms with E-state index in [1.54, 1.807) is 0 Å². The van der Waals surface area contributed by atoms with Crippen molar-refractivity contribution in [2.45, 2.75) is 90.9 Å². The average Bonchev–Trinajstić information content (AvgIpc) is 3.09. The summed E-state index contributed by atoms with van der Waals surface area (Å²) in [7, 11) is 0. The lowest BCUT2D eigenvalue weighted by Crippen LogP contribution is -2.52. The molecule has 5 heteroatoms. The highest BCUT2D eigenvalue weighted by Crippen LogP contribution is 2.30. The third-order valence-electron chi connectivity index (χ3n) is 5.87. The van der Waals surface area contributed by atoms with Crippen LogP contribution in [0.5, 0.6) is 0 Å². The summed E-state index contributed by atoms with van der Waals surface area (Å²) in [5, 5.41) is 4.62. The third kappa shape index (κ3) is 3.62. The van der Waals surface area contributed by atoms with Gasteiger partial charge < -0.3 is 4.90 Å². The van der Waals surface area contributed by atoms with E-state index < -0.39 is 0 Å². The number of hydrogen-bond donors (Lipinski definition) is 0. The molecule has 3 atom stereocenters. The maximum atomic E-state index is 13.0. The number of likely N-dealkylation sites (tertiary alicyclic amines) is 2. The number of piperidine rings is 1. The first-order valence-electron chi connectivity index (χ1n) is 9.82. The van der Waals surface area contributed by atoms with E-state index in [-0.39, 0.29) is 11.4 Å². The first-order chi connectivity index (χ1) is 11.7. The number of aryl methyl sites for hydroxylation is 1. The van der Waals surface area contributed by atoms with Crippen LogP contribution >= 0.6 is 0 Å². The lowest BCUT2D eigenvalue weighted by atomic mass is 10.0. The Morgan fingerprint density at radius 3 is 2.36 bits per heavy atom. The number of nitrogens with zero attached hydrogens (tertiary/aromatic N) is 4. The molecule has 0 N–H and O–H groups in total. The van der Waals surface area contributed by atoms with Gasteiger partial charge in [0.15, 0.2) is 5.69 Å². The predicted octanol–water partition coefficient (Wildman–Crippen LogP) is 3.42.